The maximum Gasteiger partial charge on any atom is 0.131 e. The van der Waals surface area contributed by atoms with Gasteiger partial charge in [0.05, 0.1) is 10.9 Å². The van der Waals surface area contributed by atoms with Crippen molar-refractivity contribution in [2.75, 3.05) is 13.1 Å². The van der Waals surface area contributed by atoms with E-state index in [1.165, 1.54) is 6.07 Å². The first-order valence-electron chi connectivity index (χ1n) is 9.97. The molecule has 3 aromatic rings. The van der Waals surface area contributed by atoms with Gasteiger partial charge in [-0.1, -0.05) is 23.7 Å². The van der Waals surface area contributed by atoms with Gasteiger partial charge in [-0.25, -0.2) is 14.4 Å². The van der Waals surface area contributed by atoms with E-state index in [2.05, 4.69) is 28.7 Å². The monoisotopic (exact) mass is 413 g/mol. The van der Waals surface area contributed by atoms with E-state index in [-0.39, 0.29) is 11.4 Å². The van der Waals surface area contributed by atoms with Crippen molar-refractivity contribution >= 4 is 22.5 Å². The Bertz CT molecular complexity index is 977. The zero-order valence-corrected chi connectivity index (χ0v) is 17.5. The Morgan fingerprint density at radius 1 is 1.17 bits per heavy atom. The fourth-order valence-electron chi connectivity index (χ4n) is 4.13. The van der Waals surface area contributed by atoms with Gasteiger partial charge in [0, 0.05) is 29.2 Å². The number of rotatable bonds is 5. The molecule has 0 amide bonds. The Hall–Kier alpha value is -2.24. The van der Waals surface area contributed by atoms with Crippen LogP contribution in [0.5, 0.6) is 5.75 Å². The van der Waals surface area contributed by atoms with E-state index < -0.39 is 0 Å². The third-order valence-electron chi connectivity index (χ3n) is 5.90. The number of halogens is 2. The molecule has 6 heteroatoms. The molecule has 1 aliphatic heterocycles. The first-order valence-corrected chi connectivity index (χ1v) is 10.3. The molecule has 2 heterocycles. The van der Waals surface area contributed by atoms with Crippen molar-refractivity contribution in [3.05, 3.63) is 65.3 Å². The number of fused-ring (bicyclic) bond motifs is 1. The molecule has 0 aliphatic carbocycles. The lowest BCUT2D eigenvalue weighted by atomic mass is 9.82. The van der Waals surface area contributed by atoms with E-state index in [1.54, 1.807) is 24.7 Å². The minimum Gasteiger partial charge on any atom is -0.487 e. The number of piperidine rings is 1. The van der Waals surface area contributed by atoms with Crippen molar-refractivity contribution in [3.8, 4) is 5.75 Å². The Morgan fingerprint density at radius 2 is 1.93 bits per heavy atom. The number of aromatic nitrogens is 2. The Morgan fingerprint density at radius 3 is 2.69 bits per heavy atom. The van der Waals surface area contributed by atoms with Gasteiger partial charge in [-0.2, -0.15) is 0 Å². The fraction of sp³-hybridized carbons (Fsp3) is 0.391. The van der Waals surface area contributed by atoms with Crippen LogP contribution in [0.4, 0.5) is 4.39 Å². The van der Waals surface area contributed by atoms with Gasteiger partial charge >= 0.3 is 0 Å². The quantitative estimate of drug-likeness (QED) is 0.554. The summed E-state index contributed by atoms with van der Waals surface area (Å²) in [4.78, 5) is 10.7. The topological polar surface area (TPSA) is 38.3 Å². The third kappa shape index (κ3) is 4.36. The summed E-state index contributed by atoms with van der Waals surface area (Å²) in [6.07, 6.45) is 5.32. The maximum absolute atomic E-state index is 14.1. The van der Waals surface area contributed by atoms with Crippen molar-refractivity contribution in [2.45, 2.75) is 38.8 Å². The molecule has 152 valence electrons. The molecule has 29 heavy (non-hydrogen) atoms. The molecule has 1 aromatic heterocycles. The highest BCUT2D eigenvalue weighted by atomic mass is 35.5. The molecule has 1 saturated heterocycles. The second kappa shape index (κ2) is 8.25. The lowest BCUT2D eigenvalue weighted by molar-refractivity contribution is 0.00857. The van der Waals surface area contributed by atoms with Crippen molar-refractivity contribution in [1.82, 2.24) is 14.9 Å². The molecule has 0 bridgehead atoms. The summed E-state index contributed by atoms with van der Waals surface area (Å²) >= 11 is 6.19. The molecule has 0 atom stereocenters. The molecule has 0 spiro atoms. The molecule has 0 N–H and O–H groups in total. The summed E-state index contributed by atoms with van der Waals surface area (Å²) < 4.78 is 20.6. The second-order valence-electron chi connectivity index (χ2n) is 8.17. The summed E-state index contributed by atoms with van der Waals surface area (Å²) in [6.45, 7) is 6.61. The largest absolute Gasteiger partial charge is 0.487 e. The molecular formula is C23H25ClFN3O. The highest BCUT2D eigenvalue weighted by Gasteiger charge is 2.35. The van der Waals surface area contributed by atoms with E-state index >= 15 is 0 Å². The van der Waals surface area contributed by atoms with E-state index in [4.69, 9.17) is 16.3 Å². The van der Waals surface area contributed by atoms with E-state index in [1.807, 2.05) is 18.2 Å². The van der Waals surface area contributed by atoms with Crippen LogP contribution in [0.2, 0.25) is 5.02 Å². The summed E-state index contributed by atoms with van der Waals surface area (Å²) in [5.74, 6) is 0.977. The Kier molecular flexibility index (Phi) is 5.70. The standard InChI is InChI=1S/C23H25ClFN3O/c1-23(2,29-22-8-4-7-21-17(22)13-26-15-27-21)16-9-11-28(12-10-16)14-18-19(24)5-3-6-20(18)25/h3-8,13,15-16H,9-12,14H2,1-2H3. The van der Waals surface area contributed by atoms with Gasteiger partial charge in [0.2, 0.25) is 0 Å². The number of ether oxygens (including phenoxy) is 1. The van der Waals surface area contributed by atoms with Gasteiger partial charge in [-0.15, -0.1) is 0 Å². The zero-order valence-electron chi connectivity index (χ0n) is 16.7. The molecule has 1 fully saturated rings. The first kappa shape index (κ1) is 20.0. The number of likely N-dealkylation sites (tertiary alicyclic amines) is 1. The molecule has 4 rings (SSSR count). The molecule has 0 saturated carbocycles. The minimum atomic E-state index is -0.328. The van der Waals surface area contributed by atoms with Gasteiger partial charge in [0.15, 0.2) is 0 Å². The van der Waals surface area contributed by atoms with E-state index in [9.17, 15) is 4.39 Å². The summed E-state index contributed by atoms with van der Waals surface area (Å²) in [6, 6.07) is 10.8. The van der Waals surface area contributed by atoms with Crippen LogP contribution in [-0.2, 0) is 6.54 Å². The second-order valence-corrected chi connectivity index (χ2v) is 8.58. The molecule has 2 aromatic carbocycles. The average molecular weight is 414 g/mol. The Balaban J connectivity index is 1.42. The summed E-state index contributed by atoms with van der Waals surface area (Å²) in [5.41, 5.74) is 1.13. The summed E-state index contributed by atoms with van der Waals surface area (Å²) in [7, 11) is 0. The number of benzene rings is 2. The van der Waals surface area contributed by atoms with Crippen LogP contribution in [0.25, 0.3) is 10.9 Å². The maximum atomic E-state index is 14.1. The van der Waals surface area contributed by atoms with Gasteiger partial charge in [0.25, 0.3) is 0 Å². The van der Waals surface area contributed by atoms with Crippen LogP contribution in [0.1, 0.15) is 32.3 Å². The van der Waals surface area contributed by atoms with Crippen molar-refractivity contribution < 1.29 is 9.13 Å². The van der Waals surface area contributed by atoms with Crippen molar-refractivity contribution in [1.29, 1.82) is 0 Å². The minimum absolute atomic E-state index is 0.235. The molecular weight excluding hydrogens is 389 g/mol. The average Bonchev–Trinajstić information content (AvgIpc) is 2.71. The molecule has 0 unspecified atom stereocenters. The smallest absolute Gasteiger partial charge is 0.131 e. The predicted molar refractivity (Wildman–Crippen MR) is 114 cm³/mol. The molecule has 4 nitrogen and oxygen atoms in total. The molecule has 0 radical (unpaired) electrons. The van der Waals surface area contributed by atoms with Crippen LogP contribution in [0.3, 0.4) is 0 Å². The Labute approximate surface area is 175 Å². The SMILES string of the molecule is CC(C)(Oc1cccc2ncncc12)C1CCN(Cc2c(F)cccc2Cl)CC1. The fourth-order valence-corrected chi connectivity index (χ4v) is 4.35. The van der Waals surface area contributed by atoms with Crippen LogP contribution in [0, 0.1) is 11.7 Å². The van der Waals surface area contributed by atoms with Crippen LogP contribution in [-0.4, -0.2) is 33.6 Å². The predicted octanol–water partition coefficient (Wildman–Crippen LogP) is 5.49. The van der Waals surface area contributed by atoms with Crippen molar-refractivity contribution in [3.63, 3.8) is 0 Å². The van der Waals surface area contributed by atoms with Crippen molar-refractivity contribution in [2.24, 2.45) is 5.92 Å². The highest BCUT2D eigenvalue weighted by molar-refractivity contribution is 6.31. The normalized spacial score (nSPS) is 16.3. The lowest BCUT2D eigenvalue weighted by Crippen LogP contribution is -2.45. The van der Waals surface area contributed by atoms with Gasteiger partial charge in [-0.05, 0) is 64.0 Å². The molecule has 1 aliphatic rings. The lowest BCUT2D eigenvalue weighted by Gasteiger charge is -2.41. The number of hydrogen-bond acceptors (Lipinski definition) is 4. The van der Waals surface area contributed by atoms with Gasteiger partial charge in [-0.3, -0.25) is 4.90 Å². The van der Waals surface area contributed by atoms with E-state index in [0.29, 0.717) is 23.0 Å². The first-order chi connectivity index (χ1) is 13.9. The summed E-state index contributed by atoms with van der Waals surface area (Å²) in [5, 5.41) is 1.42. The third-order valence-corrected chi connectivity index (χ3v) is 6.25. The van der Waals surface area contributed by atoms with Crippen LogP contribution in [0.15, 0.2) is 48.9 Å². The number of nitrogens with zero attached hydrogens (tertiary/aromatic N) is 3. The van der Waals surface area contributed by atoms with E-state index in [0.717, 1.165) is 42.6 Å². The van der Waals surface area contributed by atoms with Gasteiger partial charge < -0.3 is 4.74 Å². The van der Waals surface area contributed by atoms with Gasteiger partial charge in [0.1, 0.15) is 23.5 Å². The zero-order chi connectivity index (χ0) is 20.4. The highest BCUT2D eigenvalue weighted by Crippen LogP contribution is 2.35. The number of hydrogen-bond donors (Lipinski definition) is 0. The van der Waals surface area contributed by atoms with Crippen LogP contribution >= 0.6 is 11.6 Å². The van der Waals surface area contributed by atoms with Crippen LogP contribution < -0.4 is 4.74 Å².